The van der Waals surface area contributed by atoms with Crippen molar-refractivity contribution < 1.29 is 67.8 Å². The number of nitrogens with two attached hydrogens (primary N) is 3. The predicted molar refractivity (Wildman–Crippen MR) is 332 cm³/mol. The zero-order valence-electron chi connectivity index (χ0n) is 55.6. The summed E-state index contributed by atoms with van der Waals surface area (Å²) in [6.07, 6.45) is 13.4. The minimum atomic E-state index is -1.06. The quantitative estimate of drug-likeness (QED) is 0.0244. The zero-order chi connectivity index (χ0) is 65.3. The van der Waals surface area contributed by atoms with E-state index >= 15 is 0 Å². The van der Waals surface area contributed by atoms with Crippen LogP contribution >= 0.6 is 0 Å². The van der Waals surface area contributed by atoms with Gasteiger partial charge in [-0.25, -0.2) is 24.0 Å². The van der Waals surface area contributed by atoms with Crippen molar-refractivity contribution in [3.05, 3.63) is 0 Å². The van der Waals surface area contributed by atoms with E-state index in [1.54, 1.807) is 46.4 Å². The Morgan fingerprint density at radius 3 is 1.35 bits per heavy atom. The molecule has 12 N–H and O–H groups in total. The highest BCUT2D eigenvalue weighted by molar-refractivity contribution is 5.80. The van der Waals surface area contributed by atoms with Gasteiger partial charge in [0.05, 0.1) is 20.3 Å². The van der Waals surface area contributed by atoms with Gasteiger partial charge >= 0.3 is 36.2 Å². The lowest BCUT2D eigenvalue weighted by Gasteiger charge is -2.39. The van der Waals surface area contributed by atoms with Crippen molar-refractivity contribution in [1.82, 2.24) is 40.4 Å². The second-order valence-electron chi connectivity index (χ2n) is 25.7. The molecule has 0 aromatic rings. The van der Waals surface area contributed by atoms with Gasteiger partial charge < -0.3 is 91.3 Å². The first kappa shape index (κ1) is 84.0. The van der Waals surface area contributed by atoms with Crippen molar-refractivity contribution in [2.45, 2.75) is 224 Å². The number of carbonyl (C=O) groups excluding carboxylic acids is 4. The molecular formula is C59H123N11O14. The van der Waals surface area contributed by atoms with Gasteiger partial charge in [-0.2, -0.15) is 0 Å². The molecule has 2 fully saturated rings. The smallest absolute Gasteiger partial charge is 0.410 e. The van der Waals surface area contributed by atoms with Crippen molar-refractivity contribution in [3.8, 4) is 0 Å². The summed E-state index contributed by atoms with van der Waals surface area (Å²) in [5.74, 6) is -2.41. The van der Waals surface area contributed by atoms with Crippen LogP contribution in [0.25, 0.3) is 0 Å². The Kier molecular flexibility index (Phi) is 46.1. The maximum Gasteiger partial charge on any atom is 0.410 e. The summed E-state index contributed by atoms with van der Waals surface area (Å²) < 4.78 is 26.1. The number of alkyl carbamates (subject to hydrolysis) is 2. The van der Waals surface area contributed by atoms with E-state index in [9.17, 15) is 28.8 Å². The molecule has 0 aromatic heterocycles. The Balaban J connectivity index is -0.00000100. The first-order valence-corrected chi connectivity index (χ1v) is 30.1. The summed E-state index contributed by atoms with van der Waals surface area (Å²) in [5, 5.41) is 35.0. The van der Waals surface area contributed by atoms with Gasteiger partial charge in [0.15, 0.2) is 0 Å². The Morgan fingerprint density at radius 2 is 0.988 bits per heavy atom. The van der Waals surface area contributed by atoms with Crippen LogP contribution in [-0.4, -0.2) is 251 Å². The fraction of sp³-hybridized carbons (Fsp3) is 0.898. The molecule has 2 saturated heterocycles. The second-order valence-corrected chi connectivity index (χ2v) is 25.7. The summed E-state index contributed by atoms with van der Waals surface area (Å²) in [7, 11) is 17.7. The van der Waals surface area contributed by atoms with E-state index in [0.29, 0.717) is 51.4 Å². The van der Waals surface area contributed by atoms with Gasteiger partial charge in [-0.05, 0) is 228 Å². The predicted octanol–water partition coefficient (Wildman–Crippen LogP) is 5.48. The normalized spacial score (nSPS) is 16.3. The molecule has 0 saturated carbocycles. The molecule has 5 unspecified atom stereocenters. The molecule has 498 valence electrons. The Hall–Kier alpha value is -4.18. The van der Waals surface area contributed by atoms with Crippen LogP contribution < -0.4 is 33.2 Å². The number of ether oxygens (including phenoxy) is 5. The monoisotopic (exact) mass is 1210 g/mol. The van der Waals surface area contributed by atoms with Crippen LogP contribution in [0.1, 0.15) is 171 Å². The molecule has 3 amide bonds. The number of unbranched alkanes of at least 4 members (excludes halogenated alkanes) is 5. The summed E-state index contributed by atoms with van der Waals surface area (Å²) in [4.78, 5) is 78.2. The highest BCUT2D eigenvalue weighted by Crippen LogP contribution is 2.30. The van der Waals surface area contributed by atoms with E-state index in [4.69, 9.17) is 51.5 Å². The number of aliphatic carboxylic acids is 2. The van der Waals surface area contributed by atoms with Crippen LogP contribution in [0.15, 0.2) is 0 Å². The number of esters is 1. The summed E-state index contributed by atoms with van der Waals surface area (Å²) in [6.45, 7) is 23.0. The van der Waals surface area contributed by atoms with E-state index in [-0.39, 0.29) is 30.4 Å². The largest absolute Gasteiger partial charge is 0.480 e. The molecule has 5 atom stereocenters. The highest BCUT2D eigenvalue weighted by atomic mass is 16.6. The SMILES string of the molecule is CC(C)(C)OC(=O)NC(CCCCN)C(=O)O.CN(C)CCCCC(N)CO.CN(C)CCCCC(NC(=O)OC(C)(C)C)C(=O)O.CN(C)CCCCC1COC2(CCN(C(=O)OC(C)(C)C)CC2)N1.COC(=O)C(N)CCCCN(C)C. The second kappa shape index (κ2) is 46.0. The van der Waals surface area contributed by atoms with Crippen LogP contribution in [0.4, 0.5) is 14.4 Å². The summed E-state index contributed by atoms with van der Waals surface area (Å²) >= 11 is 0. The van der Waals surface area contributed by atoms with Crippen molar-refractivity contribution >= 4 is 36.2 Å². The van der Waals surface area contributed by atoms with Gasteiger partial charge in [-0.1, -0.05) is 19.3 Å². The van der Waals surface area contributed by atoms with Gasteiger partial charge in [-0.15, -0.1) is 0 Å². The number of aliphatic hydroxyl groups is 1. The number of rotatable bonds is 30. The zero-order valence-corrected chi connectivity index (χ0v) is 55.6. The minimum Gasteiger partial charge on any atom is -0.480 e. The van der Waals surface area contributed by atoms with Crippen LogP contribution in [0.2, 0.25) is 0 Å². The van der Waals surface area contributed by atoms with Crippen molar-refractivity contribution in [2.24, 2.45) is 17.2 Å². The van der Waals surface area contributed by atoms with Gasteiger partial charge in [0.25, 0.3) is 0 Å². The van der Waals surface area contributed by atoms with Crippen LogP contribution in [0, 0.1) is 0 Å². The van der Waals surface area contributed by atoms with E-state index in [2.05, 4.69) is 63.6 Å². The average Bonchev–Trinajstić information content (AvgIpc) is 3.69. The fourth-order valence-electron chi connectivity index (χ4n) is 8.03. The fourth-order valence-corrected chi connectivity index (χ4v) is 8.03. The molecule has 25 nitrogen and oxygen atoms in total. The lowest BCUT2D eigenvalue weighted by atomic mass is 10.00. The third kappa shape index (κ3) is 51.1. The number of hydrogen-bond acceptors (Lipinski definition) is 20. The number of carbonyl (C=O) groups is 6. The number of likely N-dealkylation sites (tertiary alicyclic amines) is 1. The number of piperidine rings is 1. The topological polar surface area (TPSA) is 340 Å². The number of carboxylic acids is 2. The molecule has 1 spiro atoms. The van der Waals surface area contributed by atoms with Gasteiger partial charge in [0, 0.05) is 38.0 Å². The number of aliphatic hydroxyl groups excluding tert-OH is 1. The van der Waals surface area contributed by atoms with Gasteiger partial charge in [-0.3, -0.25) is 10.1 Å². The molecule has 84 heavy (non-hydrogen) atoms. The number of nitrogens with one attached hydrogen (secondary N) is 3. The maximum atomic E-state index is 12.1. The number of hydrogen-bond donors (Lipinski definition) is 9. The highest BCUT2D eigenvalue weighted by Gasteiger charge is 2.43. The number of carboxylic acid groups (broad SMARTS) is 2. The molecule has 25 heteroatoms. The Labute approximate surface area is 506 Å². The lowest BCUT2D eigenvalue weighted by Crippen LogP contribution is -2.54. The van der Waals surface area contributed by atoms with Crippen LogP contribution in [0.5, 0.6) is 0 Å². The molecular weight excluding hydrogens is 1090 g/mol. The van der Waals surface area contributed by atoms with Gasteiger partial charge in [0.2, 0.25) is 0 Å². The van der Waals surface area contributed by atoms with Crippen LogP contribution in [-0.2, 0) is 38.1 Å². The Morgan fingerprint density at radius 1 is 0.607 bits per heavy atom. The first-order chi connectivity index (χ1) is 38.8. The first-order valence-electron chi connectivity index (χ1n) is 30.1. The van der Waals surface area contributed by atoms with Crippen molar-refractivity contribution in [1.29, 1.82) is 0 Å². The Bertz CT molecular complexity index is 1750. The third-order valence-corrected chi connectivity index (χ3v) is 12.5. The molecule has 2 aliphatic heterocycles. The van der Waals surface area contributed by atoms with Gasteiger partial charge in [0.1, 0.15) is 40.7 Å². The van der Waals surface area contributed by atoms with E-state index < -0.39 is 59.1 Å². The minimum absolute atomic E-state index is 0.0165. The average molecular weight is 1210 g/mol. The summed E-state index contributed by atoms with van der Waals surface area (Å²) in [6, 6.07) is -1.84. The molecule has 0 radical (unpaired) electrons. The molecule has 0 aromatic carbocycles. The number of nitrogens with zero attached hydrogens (tertiary/aromatic N) is 5. The van der Waals surface area contributed by atoms with E-state index in [0.717, 1.165) is 97.0 Å². The molecule has 2 heterocycles. The lowest BCUT2D eigenvalue weighted by molar-refractivity contribution is -0.142. The number of methoxy groups -OCH3 is 1. The number of amides is 3. The summed E-state index contributed by atoms with van der Waals surface area (Å²) in [5.41, 5.74) is 14.5. The van der Waals surface area contributed by atoms with Crippen molar-refractivity contribution in [3.63, 3.8) is 0 Å². The molecule has 0 bridgehead atoms. The molecule has 2 rings (SSSR count). The standard InChI is InChI=1S/C18H35N3O3.C13H26N2O4.C11H22N2O4.C9H20N2O2.C8H20N2O/c1-17(2,3)24-16(22)21-12-9-18(10-13-21)19-15(14-23-18)8-6-7-11-20(4)5;1-13(2,3)19-12(18)14-10(11(16)17)8-6-7-9-15(4)5;1-11(2,3)17-10(16)13-8(9(14)15)6-4-5-7-12;1-11(2)7-5-4-6-8(10)9(12)13-3;1-10(2)6-4-3-5-8(9)7-11/h15,19H,6-14H2,1-5H3;10H,6-9H2,1-5H3,(H,14,18)(H,16,17);8H,4-7,12H2,1-3H3,(H,13,16)(H,14,15);8H,4-7,10H2,1-3H3;8,11H,3-7,9H2,1-2H3. The maximum absolute atomic E-state index is 12.1. The van der Waals surface area contributed by atoms with Crippen LogP contribution in [0.3, 0.4) is 0 Å². The molecule has 2 aliphatic rings. The van der Waals surface area contributed by atoms with E-state index in [1.807, 2.05) is 53.9 Å². The molecule has 0 aliphatic carbocycles. The van der Waals surface area contributed by atoms with Crippen molar-refractivity contribution in [2.75, 3.05) is 123 Å². The third-order valence-electron chi connectivity index (χ3n) is 12.5. The van der Waals surface area contributed by atoms with E-state index in [1.165, 1.54) is 26.4 Å².